The van der Waals surface area contributed by atoms with Crippen molar-refractivity contribution in [2.75, 3.05) is 11.9 Å². The smallest absolute Gasteiger partial charge is 0.262 e. The summed E-state index contributed by atoms with van der Waals surface area (Å²) in [6, 6.07) is 18.0. The van der Waals surface area contributed by atoms with Crippen LogP contribution in [0.15, 0.2) is 82.2 Å². The fourth-order valence-electron chi connectivity index (χ4n) is 3.30. The summed E-state index contributed by atoms with van der Waals surface area (Å²) < 4.78 is 30.4. The molecule has 34 heavy (non-hydrogen) atoms. The first-order chi connectivity index (χ1) is 16.2. The van der Waals surface area contributed by atoms with Crippen LogP contribution in [0.2, 0.25) is 0 Å². The third kappa shape index (κ3) is 5.26. The van der Waals surface area contributed by atoms with Crippen molar-refractivity contribution >= 4 is 22.6 Å². The molecule has 0 fully saturated rings. The molecular formula is C27H24FNO5. The van der Waals surface area contributed by atoms with E-state index in [0.717, 1.165) is 5.56 Å². The van der Waals surface area contributed by atoms with Crippen molar-refractivity contribution in [3.05, 3.63) is 94.6 Å². The van der Waals surface area contributed by atoms with E-state index in [0.29, 0.717) is 16.9 Å². The van der Waals surface area contributed by atoms with Gasteiger partial charge in [-0.3, -0.25) is 9.59 Å². The summed E-state index contributed by atoms with van der Waals surface area (Å²) in [5.74, 6) is -0.139. The second-order valence-corrected chi connectivity index (χ2v) is 8.78. The molecule has 0 aliphatic heterocycles. The summed E-state index contributed by atoms with van der Waals surface area (Å²) in [5.41, 5.74) is 1.19. The van der Waals surface area contributed by atoms with Gasteiger partial charge in [-0.25, -0.2) is 4.39 Å². The fraction of sp³-hybridized carbons (Fsp3) is 0.185. The van der Waals surface area contributed by atoms with Gasteiger partial charge in [0.1, 0.15) is 29.2 Å². The lowest BCUT2D eigenvalue weighted by atomic mass is 9.87. The van der Waals surface area contributed by atoms with Gasteiger partial charge in [0.05, 0.1) is 11.1 Å². The van der Waals surface area contributed by atoms with Gasteiger partial charge in [-0.1, -0.05) is 45.0 Å². The van der Waals surface area contributed by atoms with Gasteiger partial charge < -0.3 is 19.2 Å². The van der Waals surface area contributed by atoms with Crippen LogP contribution in [0.5, 0.6) is 17.2 Å². The van der Waals surface area contributed by atoms with Crippen molar-refractivity contribution in [1.82, 2.24) is 0 Å². The molecule has 0 aliphatic rings. The number of halogens is 1. The Morgan fingerprint density at radius 1 is 1.00 bits per heavy atom. The van der Waals surface area contributed by atoms with Crippen molar-refractivity contribution < 1.29 is 23.1 Å². The lowest BCUT2D eigenvalue weighted by Crippen LogP contribution is -2.20. The first-order valence-corrected chi connectivity index (χ1v) is 10.7. The third-order valence-corrected chi connectivity index (χ3v) is 5.18. The first kappa shape index (κ1) is 23.0. The van der Waals surface area contributed by atoms with Crippen molar-refractivity contribution in [3.8, 4) is 17.2 Å². The van der Waals surface area contributed by atoms with E-state index in [-0.39, 0.29) is 34.5 Å². The Bertz CT molecular complexity index is 1390. The number of ether oxygens (including phenoxy) is 2. The molecule has 1 amide bonds. The van der Waals surface area contributed by atoms with E-state index >= 15 is 0 Å². The standard InChI is InChI=1S/C27H24FNO5/c1-27(2,3)17-8-10-18(11-9-17)34-24-15-33-23-14-19(12-13-20(23)26(24)31)32-16-25(30)29-22-7-5-4-6-21(22)28/h4-15H,16H2,1-3H3,(H,29,30). The zero-order valence-corrected chi connectivity index (χ0v) is 19.1. The topological polar surface area (TPSA) is 77.8 Å². The molecule has 0 bridgehead atoms. The number of fused-ring (bicyclic) bond motifs is 1. The molecule has 0 saturated carbocycles. The predicted octanol–water partition coefficient (Wildman–Crippen LogP) is 6.04. The monoisotopic (exact) mass is 461 g/mol. The second kappa shape index (κ2) is 9.39. The van der Waals surface area contributed by atoms with Gasteiger partial charge >= 0.3 is 0 Å². The number of carbonyl (C=O) groups excluding carboxylic acids is 1. The molecule has 1 aromatic heterocycles. The lowest BCUT2D eigenvalue weighted by Gasteiger charge is -2.19. The number of para-hydroxylation sites is 1. The molecule has 0 atom stereocenters. The minimum Gasteiger partial charge on any atom is -0.484 e. The van der Waals surface area contributed by atoms with E-state index < -0.39 is 11.7 Å². The molecule has 6 nitrogen and oxygen atoms in total. The lowest BCUT2D eigenvalue weighted by molar-refractivity contribution is -0.118. The Kier molecular flexibility index (Phi) is 6.36. The Balaban J connectivity index is 1.44. The van der Waals surface area contributed by atoms with Crippen LogP contribution < -0.4 is 20.2 Å². The highest BCUT2D eigenvalue weighted by Gasteiger charge is 2.15. The molecule has 0 saturated heterocycles. The van der Waals surface area contributed by atoms with Gasteiger partial charge in [0.25, 0.3) is 5.91 Å². The maximum absolute atomic E-state index is 13.7. The largest absolute Gasteiger partial charge is 0.484 e. The van der Waals surface area contributed by atoms with Gasteiger partial charge in [0.2, 0.25) is 11.2 Å². The van der Waals surface area contributed by atoms with Crippen molar-refractivity contribution in [2.45, 2.75) is 26.2 Å². The number of nitrogens with one attached hydrogen (secondary N) is 1. The maximum atomic E-state index is 13.7. The highest BCUT2D eigenvalue weighted by atomic mass is 19.1. The van der Waals surface area contributed by atoms with Crippen LogP contribution in [0, 0.1) is 5.82 Å². The van der Waals surface area contributed by atoms with Gasteiger partial charge in [-0.2, -0.15) is 0 Å². The van der Waals surface area contributed by atoms with E-state index in [1.807, 2.05) is 24.3 Å². The summed E-state index contributed by atoms with van der Waals surface area (Å²) >= 11 is 0. The van der Waals surface area contributed by atoms with E-state index in [4.69, 9.17) is 13.9 Å². The quantitative estimate of drug-likeness (QED) is 0.379. The summed E-state index contributed by atoms with van der Waals surface area (Å²) in [5, 5.41) is 2.75. The third-order valence-electron chi connectivity index (χ3n) is 5.18. The molecule has 0 unspecified atom stereocenters. The number of anilines is 1. The first-order valence-electron chi connectivity index (χ1n) is 10.7. The number of amides is 1. The van der Waals surface area contributed by atoms with Crippen LogP contribution in [0.3, 0.4) is 0 Å². The molecule has 1 heterocycles. The van der Waals surface area contributed by atoms with Crippen LogP contribution in [0.1, 0.15) is 26.3 Å². The van der Waals surface area contributed by atoms with Gasteiger partial charge in [0, 0.05) is 6.07 Å². The summed E-state index contributed by atoms with van der Waals surface area (Å²) in [6.45, 7) is 6.02. The molecule has 4 rings (SSSR count). The van der Waals surface area contributed by atoms with Crippen molar-refractivity contribution in [1.29, 1.82) is 0 Å². The van der Waals surface area contributed by atoms with Crippen molar-refractivity contribution in [3.63, 3.8) is 0 Å². The van der Waals surface area contributed by atoms with Crippen molar-refractivity contribution in [2.24, 2.45) is 0 Å². The molecule has 0 aliphatic carbocycles. The summed E-state index contributed by atoms with van der Waals surface area (Å²) in [6.07, 6.45) is 1.25. The molecule has 1 N–H and O–H groups in total. The van der Waals surface area contributed by atoms with Crippen LogP contribution >= 0.6 is 0 Å². The molecule has 174 valence electrons. The molecule has 0 spiro atoms. The molecule has 3 aromatic carbocycles. The van der Waals surface area contributed by atoms with Gasteiger partial charge in [-0.15, -0.1) is 0 Å². The Morgan fingerprint density at radius 3 is 2.41 bits per heavy atom. The average Bonchev–Trinajstić information content (AvgIpc) is 2.81. The number of rotatable bonds is 6. The summed E-state index contributed by atoms with van der Waals surface area (Å²) in [4.78, 5) is 24.9. The summed E-state index contributed by atoms with van der Waals surface area (Å²) in [7, 11) is 0. The minimum atomic E-state index is -0.536. The zero-order valence-electron chi connectivity index (χ0n) is 19.1. The second-order valence-electron chi connectivity index (χ2n) is 8.78. The van der Waals surface area contributed by atoms with Crippen LogP contribution in [-0.2, 0) is 10.2 Å². The Hall–Kier alpha value is -4.13. The van der Waals surface area contributed by atoms with Crippen LogP contribution in [0.25, 0.3) is 11.0 Å². The van der Waals surface area contributed by atoms with Gasteiger partial charge in [0.15, 0.2) is 6.61 Å². The Morgan fingerprint density at radius 2 is 1.71 bits per heavy atom. The van der Waals surface area contributed by atoms with E-state index in [1.54, 1.807) is 18.2 Å². The number of carbonyl (C=O) groups is 1. The van der Waals surface area contributed by atoms with E-state index in [9.17, 15) is 14.0 Å². The van der Waals surface area contributed by atoms with Gasteiger partial charge in [-0.05, 0) is 47.4 Å². The molecule has 4 aromatic rings. The molecule has 0 radical (unpaired) electrons. The van der Waals surface area contributed by atoms with E-state index in [2.05, 4.69) is 26.1 Å². The zero-order chi connectivity index (χ0) is 24.3. The SMILES string of the molecule is CC(C)(C)c1ccc(Oc2coc3cc(OCC(=O)Nc4ccccc4F)ccc3c2=O)cc1. The van der Waals surface area contributed by atoms with Crippen LogP contribution in [-0.4, -0.2) is 12.5 Å². The normalized spacial score (nSPS) is 11.3. The van der Waals surface area contributed by atoms with E-state index in [1.165, 1.54) is 30.5 Å². The number of hydrogen-bond donors (Lipinski definition) is 1. The maximum Gasteiger partial charge on any atom is 0.262 e. The highest BCUT2D eigenvalue weighted by molar-refractivity contribution is 5.92. The molecule has 7 heteroatoms. The van der Waals surface area contributed by atoms with Crippen LogP contribution in [0.4, 0.5) is 10.1 Å². The average molecular weight is 461 g/mol. The number of benzene rings is 3. The molecular weight excluding hydrogens is 437 g/mol. The highest BCUT2D eigenvalue weighted by Crippen LogP contribution is 2.27. The Labute approximate surface area is 195 Å². The minimum absolute atomic E-state index is 0.0126. The number of hydrogen-bond acceptors (Lipinski definition) is 5. The predicted molar refractivity (Wildman–Crippen MR) is 128 cm³/mol. The fourth-order valence-corrected chi connectivity index (χ4v) is 3.30.